The Morgan fingerprint density at radius 2 is 2.09 bits per heavy atom. The molecule has 0 bridgehead atoms. The molecule has 4 heteroatoms. The van der Waals surface area contributed by atoms with Crippen LogP contribution in [0.4, 0.5) is 0 Å². The Labute approximate surface area is 67.9 Å². The second-order valence-electron chi connectivity index (χ2n) is 2.14. The summed E-state index contributed by atoms with van der Waals surface area (Å²) in [6, 6.07) is 0. The van der Waals surface area contributed by atoms with Crippen LogP contribution in [0.1, 0.15) is 20.8 Å². The van der Waals surface area contributed by atoms with E-state index in [4.69, 9.17) is 9.05 Å². The van der Waals surface area contributed by atoms with Gasteiger partial charge in [-0.15, -0.1) is 0 Å². The van der Waals surface area contributed by atoms with Gasteiger partial charge in [-0.3, -0.25) is 0 Å². The first-order chi connectivity index (χ1) is 5.04. The summed E-state index contributed by atoms with van der Waals surface area (Å²) in [5.41, 5.74) is 0. The molecule has 0 aliphatic heterocycles. The zero-order chi connectivity index (χ0) is 8.91. The Balaban J connectivity index is 4.10. The second-order valence-corrected chi connectivity index (χ2v) is 4.43. The van der Waals surface area contributed by atoms with E-state index in [2.05, 4.69) is 6.58 Å². The van der Waals surface area contributed by atoms with Crippen molar-refractivity contribution in [1.82, 2.24) is 0 Å². The smallest absolute Gasteiger partial charge is 0.378 e. The van der Waals surface area contributed by atoms with Gasteiger partial charge in [0.1, 0.15) is 0 Å². The summed E-state index contributed by atoms with van der Waals surface area (Å²) in [5.74, 6) is 0.434. The van der Waals surface area contributed by atoms with Crippen molar-refractivity contribution in [2.45, 2.75) is 20.8 Å². The summed E-state index contributed by atoms with van der Waals surface area (Å²) in [4.78, 5) is 0. The molecule has 0 aliphatic carbocycles. The van der Waals surface area contributed by atoms with Crippen LogP contribution in [-0.4, -0.2) is 12.8 Å². The van der Waals surface area contributed by atoms with Crippen LogP contribution in [0.5, 0.6) is 0 Å². The molecule has 0 saturated carbocycles. The van der Waals surface area contributed by atoms with E-state index in [1.54, 1.807) is 20.8 Å². The summed E-state index contributed by atoms with van der Waals surface area (Å²) >= 11 is 0. The number of allylic oxidation sites excluding steroid dienone is 1. The average Bonchev–Trinajstić information content (AvgIpc) is 1.87. The van der Waals surface area contributed by atoms with Crippen LogP contribution in [0.2, 0.25) is 0 Å². The Kier molecular flexibility index (Phi) is 4.46. The van der Waals surface area contributed by atoms with E-state index < -0.39 is 7.60 Å². The van der Waals surface area contributed by atoms with Crippen LogP contribution in [0, 0.1) is 0 Å². The predicted molar refractivity (Wildman–Crippen MR) is 45.7 cm³/mol. The molecule has 11 heavy (non-hydrogen) atoms. The summed E-state index contributed by atoms with van der Waals surface area (Å²) in [6.07, 6.45) is 0.383. The van der Waals surface area contributed by atoms with Gasteiger partial charge in [-0.2, -0.15) is 0 Å². The van der Waals surface area contributed by atoms with Crippen molar-refractivity contribution in [3.05, 3.63) is 12.3 Å². The molecule has 0 aromatic rings. The van der Waals surface area contributed by atoms with Crippen molar-refractivity contribution >= 4 is 7.60 Å². The average molecular weight is 178 g/mol. The highest BCUT2D eigenvalue weighted by Crippen LogP contribution is 2.49. The van der Waals surface area contributed by atoms with Gasteiger partial charge in [0.05, 0.1) is 18.5 Å². The lowest BCUT2D eigenvalue weighted by molar-refractivity contribution is 0.252. The maximum Gasteiger partial charge on any atom is 0.378 e. The minimum Gasteiger partial charge on any atom is -0.430 e. The topological polar surface area (TPSA) is 35.5 Å². The van der Waals surface area contributed by atoms with Gasteiger partial charge in [0.15, 0.2) is 0 Å². The van der Waals surface area contributed by atoms with Gasteiger partial charge in [-0.1, -0.05) is 13.5 Å². The van der Waals surface area contributed by atoms with E-state index in [1.807, 2.05) is 0 Å². The molecule has 0 radical (unpaired) electrons. The Bertz CT molecular complexity index is 177. The molecule has 1 atom stereocenters. The first-order valence-corrected chi connectivity index (χ1v) is 5.35. The molecule has 0 rings (SSSR count). The summed E-state index contributed by atoms with van der Waals surface area (Å²) in [5, 5.41) is 0. The fourth-order valence-corrected chi connectivity index (χ4v) is 1.85. The Morgan fingerprint density at radius 3 is 2.36 bits per heavy atom. The molecular weight excluding hydrogens is 163 g/mol. The van der Waals surface area contributed by atoms with Crippen molar-refractivity contribution < 1.29 is 13.6 Å². The van der Waals surface area contributed by atoms with Gasteiger partial charge in [0.2, 0.25) is 0 Å². The van der Waals surface area contributed by atoms with E-state index in [0.717, 1.165) is 0 Å². The fourth-order valence-electron chi connectivity index (χ4n) is 0.616. The molecule has 0 aromatic carbocycles. The summed E-state index contributed by atoms with van der Waals surface area (Å²) in [7, 11) is -2.86. The molecule has 0 aliphatic rings. The highest BCUT2D eigenvalue weighted by molar-refractivity contribution is 7.53. The van der Waals surface area contributed by atoms with E-state index in [-0.39, 0.29) is 0 Å². The summed E-state index contributed by atoms with van der Waals surface area (Å²) < 4.78 is 21.4. The van der Waals surface area contributed by atoms with Crippen molar-refractivity contribution in [3.8, 4) is 0 Å². The molecule has 1 unspecified atom stereocenters. The molecule has 66 valence electrons. The largest absolute Gasteiger partial charge is 0.430 e. The molecule has 0 aromatic heterocycles. The van der Waals surface area contributed by atoms with Gasteiger partial charge in [0.25, 0.3) is 0 Å². The zero-order valence-corrected chi connectivity index (χ0v) is 8.19. The predicted octanol–water partition coefficient (Wildman–Crippen LogP) is 2.79. The number of rotatable bonds is 5. The van der Waals surface area contributed by atoms with Crippen molar-refractivity contribution in [3.63, 3.8) is 0 Å². The van der Waals surface area contributed by atoms with Crippen molar-refractivity contribution in [2.75, 3.05) is 12.8 Å². The zero-order valence-electron chi connectivity index (χ0n) is 7.29. The molecule has 0 spiro atoms. The van der Waals surface area contributed by atoms with Gasteiger partial charge in [-0.25, -0.2) is 4.57 Å². The van der Waals surface area contributed by atoms with Crippen LogP contribution in [0.15, 0.2) is 12.3 Å². The lowest BCUT2D eigenvalue weighted by Crippen LogP contribution is -1.95. The minimum absolute atomic E-state index is 0.383. The second kappa shape index (κ2) is 4.58. The van der Waals surface area contributed by atoms with Crippen LogP contribution >= 0.6 is 7.60 Å². The van der Waals surface area contributed by atoms with Gasteiger partial charge < -0.3 is 9.05 Å². The van der Waals surface area contributed by atoms with Gasteiger partial charge in [0, 0.05) is 0 Å². The normalized spacial score (nSPS) is 15.5. The van der Waals surface area contributed by atoms with Gasteiger partial charge >= 0.3 is 7.60 Å². The third kappa shape index (κ3) is 4.23. The molecule has 0 saturated heterocycles. The monoisotopic (exact) mass is 178 g/mol. The molecule has 0 amide bonds. The van der Waals surface area contributed by atoms with Crippen LogP contribution in [0.3, 0.4) is 0 Å². The van der Waals surface area contributed by atoms with Crippen LogP contribution in [0.25, 0.3) is 0 Å². The third-order valence-electron chi connectivity index (χ3n) is 1.01. The standard InChI is InChI=1S/C7H15O3P/c1-5-9-11(8,6-2)10-7(3)4/h3,5-6H2,1-2,4H3. The van der Waals surface area contributed by atoms with E-state index >= 15 is 0 Å². The Hall–Kier alpha value is -0.270. The molecule has 3 nitrogen and oxygen atoms in total. The molecule has 0 fully saturated rings. The molecule has 0 heterocycles. The lowest BCUT2D eigenvalue weighted by Gasteiger charge is -2.16. The van der Waals surface area contributed by atoms with Crippen molar-refractivity contribution in [2.24, 2.45) is 0 Å². The highest BCUT2D eigenvalue weighted by atomic mass is 31.2. The van der Waals surface area contributed by atoms with Gasteiger partial charge in [-0.05, 0) is 13.8 Å². The Morgan fingerprint density at radius 1 is 1.55 bits per heavy atom. The maximum atomic E-state index is 11.5. The number of hydrogen-bond donors (Lipinski definition) is 0. The number of hydrogen-bond acceptors (Lipinski definition) is 3. The van der Waals surface area contributed by atoms with E-state index in [1.165, 1.54) is 0 Å². The van der Waals surface area contributed by atoms with E-state index in [9.17, 15) is 4.57 Å². The molecular formula is C7H15O3P. The lowest BCUT2D eigenvalue weighted by atomic mass is 10.7. The SMILES string of the molecule is C=C(C)OP(=O)(CC)OCC. The van der Waals surface area contributed by atoms with E-state index in [0.29, 0.717) is 18.5 Å². The fraction of sp³-hybridized carbons (Fsp3) is 0.714. The first kappa shape index (κ1) is 10.7. The van der Waals surface area contributed by atoms with Crippen molar-refractivity contribution in [1.29, 1.82) is 0 Å². The maximum absolute atomic E-state index is 11.5. The van der Waals surface area contributed by atoms with Crippen LogP contribution in [-0.2, 0) is 13.6 Å². The quantitative estimate of drug-likeness (QED) is 0.479. The highest BCUT2D eigenvalue weighted by Gasteiger charge is 2.21. The minimum atomic E-state index is -2.86. The summed E-state index contributed by atoms with van der Waals surface area (Å²) in [6.45, 7) is 9.10. The van der Waals surface area contributed by atoms with Crippen LogP contribution < -0.4 is 0 Å². The third-order valence-corrected chi connectivity index (χ3v) is 3.02. The molecule has 0 N–H and O–H groups in total. The first-order valence-electron chi connectivity index (χ1n) is 3.62.